The van der Waals surface area contributed by atoms with Crippen molar-refractivity contribution in [3.8, 4) is 0 Å². The van der Waals surface area contributed by atoms with Crippen molar-refractivity contribution in [3.63, 3.8) is 0 Å². The van der Waals surface area contributed by atoms with Gasteiger partial charge in [0.15, 0.2) is 0 Å². The van der Waals surface area contributed by atoms with Gasteiger partial charge in [-0.05, 0) is 271 Å². The molecule has 0 aliphatic heterocycles. The Bertz CT molecular complexity index is 1150. The molecular weight excluding hydrogens is 805 g/mol. The molecule has 0 radical (unpaired) electrons. The van der Waals surface area contributed by atoms with Crippen LogP contribution in [-0.2, 0) is 0 Å². The zero-order valence-electron chi connectivity index (χ0n) is 48.2. The molecule has 0 amide bonds. The van der Waals surface area contributed by atoms with Crippen LogP contribution in [0.15, 0.2) is 0 Å². The van der Waals surface area contributed by atoms with E-state index in [9.17, 15) is 0 Å². The Labute approximate surface area is 423 Å². The van der Waals surface area contributed by atoms with E-state index in [-0.39, 0.29) is 0 Å². The second kappa shape index (κ2) is 27.9. The summed E-state index contributed by atoms with van der Waals surface area (Å²) >= 11 is 0. The van der Waals surface area contributed by atoms with E-state index >= 15 is 0 Å². The van der Waals surface area contributed by atoms with Crippen molar-refractivity contribution >= 4 is 0 Å². The normalized spacial score (nSPS) is 42.2. The molecule has 392 valence electrons. The van der Waals surface area contributed by atoms with E-state index < -0.39 is 0 Å². The van der Waals surface area contributed by atoms with Crippen LogP contribution >= 0.6 is 0 Å². The first kappa shape index (κ1) is 56.3. The maximum absolute atomic E-state index is 2.42. The Morgan fingerprint density at radius 2 is 0.403 bits per heavy atom. The smallest absolute Gasteiger partial charge is 0.0386 e. The lowest BCUT2D eigenvalue weighted by Gasteiger charge is -2.43. The Morgan fingerprint density at radius 3 is 0.597 bits per heavy atom. The molecule has 0 aromatic rings. The molecular formula is C67H124. The SMILES string of the molecule is CC(C)C1C[C@H]2CCCC[C@@H](C1)C2.CC(C)C1C[C@H]2CCC[C@@H](C1)C2.CCC1C[C@@H]2CC(C(C)C)C[C@H](C1)C2.CCC1C[C@@H]2CC(C(C)C)C[C@H](C1)C2.CCC1C[C@@H]2CC(C(C)C)C[C@H](C1)C2. The van der Waals surface area contributed by atoms with E-state index in [4.69, 9.17) is 0 Å². The van der Waals surface area contributed by atoms with Crippen LogP contribution in [0.4, 0.5) is 0 Å². The fraction of sp³-hybridized carbons (Fsp3) is 1.00. The first-order valence-corrected chi connectivity index (χ1v) is 32.1. The fourth-order valence-corrected chi connectivity index (χ4v) is 18.6. The third-order valence-corrected chi connectivity index (χ3v) is 22.8. The zero-order valence-corrected chi connectivity index (χ0v) is 48.2. The maximum Gasteiger partial charge on any atom is -0.0386 e. The molecule has 18 atom stereocenters. The predicted molar refractivity (Wildman–Crippen MR) is 297 cm³/mol. The molecule has 10 saturated carbocycles. The van der Waals surface area contributed by atoms with Crippen molar-refractivity contribution in [1.29, 1.82) is 0 Å². The van der Waals surface area contributed by atoms with Gasteiger partial charge in [0.25, 0.3) is 0 Å². The first-order valence-electron chi connectivity index (χ1n) is 32.1. The quantitative estimate of drug-likeness (QED) is 0.228. The summed E-state index contributed by atoms with van der Waals surface area (Å²) in [6.07, 6.45) is 47.7. The van der Waals surface area contributed by atoms with Crippen molar-refractivity contribution in [2.45, 2.75) is 289 Å². The molecule has 0 N–H and O–H groups in total. The monoisotopic (exact) mass is 929 g/mol. The van der Waals surface area contributed by atoms with Gasteiger partial charge in [-0.2, -0.15) is 0 Å². The molecule has 8 unspecified atom stereocenters. The molecule has 0 heteroatoms. The highest BCUT2D eigenvalue weighted by Gasteiger charge is 2.39. The maximum atomic E-state index is 2.42. The molecule has 0 spiro atoms. The second-order valence-corrected chi connectivity index (χ2v) is 29.7. The molecule has 0 aromatic carbocycles. The minimum absolute atomic E-state index is 0.929. The topological polar surface area (TPSA) is 0 Å². The van der Waals surface area contributed by atoms with E-state index in [1.165, 1.54) is 38.5 Å². The summed E-state index contributed by atoms with van der Waals surface area (Å²) in [6.45, 7) is 31.3. The molecule has 10 rings (SSSR count). The lowest BCUT2D eigenvalue weighted by Crippen LogP contribution is -2.32. The minimum Gasteiger partial charge on any atom is -0.0651 e. The van der Waals surface area contributed by atoms with Gasteiger partial charge >= 0.3 is 0 Å². The van der Waals surface area contributed by atoms with Gasteiger partial charge in [-0.25, -0.2) is 0 Å². The Kier molecular flexibility index (Phi) is 23.4. The average Bonchev–Trinajstić information content (AvgIpc) is 3.46. The predicted octanol–water partition coefficient (Wildman–Crippen LogP) is 21.6. The van der Waals surface area contributed by atoms with Crippen molar-refractivity contribution in [2.75, 3.05) is 0 Å². The zero-order chi connectivity index (χ0) is 48.2. The lowest BCUT2D eigenvalue weighted by molar-refractivity contribution is 0.0762. The third-order valence-electron chi connectivity index (χ3n) is 22.8. The van der Waals surface area contributed by atoms with Gasteiger partial charge in [0.1, 0.15) is 0 Å². The number of hydrogen-bond donors (Lipinski definition) is 0. The van der Waals surface area contributed by atoms with E-state index in [2.05, 4.69) is 90.0 Å². The number of rotatable bonds is 8. The van der Waals surface area contributed by atoms with Crippen LogP contribution in [0.5, 0.6) is 0 Å². The van der Waals surface area contributed by atoms with Crippen LogP contribution in [0.1, 0.15) is 289 Å². The molecule has 0 saturated heterocycles. The van der Waals surface area contributed by atoms with E-state index in [0.717, 1.165) is 136 Å². The van der Waals surface area contributed by atoms with Gasteiger partial charge in [0.05, 0.1) is 0 Å². The van der Waals surface area contributed by atoms with Crippen LogP contribution in [0.2, 0.25) is 0 Å². The highest BCUT2D eigenvalue weighted by molar-refractivity contribution is 4.90. The van der Waals surface area contributed by atoms with Crippen LogP contribution in [-0.4, -0.2) is 0 Å². The fourth-order valence-electron chi connectivity index (χ4n) is 18.6. The molecule has 0 nitrogen and oxygen atoms in total. The highest BCUT2D eigenvalue weighted by Crippen LogP contribution is 2.51. The van der Waals surface area contributed by atoms with Crippen LogP contribution in [0.3, 0.4) is 0 Å². The summed E-state index contributed by atoms with van der Waals surface area (Å²) < 4.78 is 0. The third kappa shape index (κ3) is 17.9. The Balaban J connectivity index is 0.000000138. The Morgan fingerprint density at radius 1 is 0.224 bits per heavy atom. The van der Waals surface area contributed by atoms with Crippen molar-refractivity contribution in [2.24, 2.45) is 136 Å². The Hall–Kier alpha value is 0. The number of fused-ring (bicyclic) bond motifs is 10. The van der Waals surface area contributed by atoms with Crippen LogP contribution in [0.25, 0.3) is 0 Å². The van der Waals surface area contributed by atoms with Gasteiger partial charge in [-0.3, -0.25) is 0 Å². The standard InChI is InChI=1S/3C14H26.C13H24.C12H22/c3*1-4-11-5-12-7-13(6-11)9-14(8-12)10(2)3;1-10(2)13-8-11-5-3-4-6-12(7-11)9-13;1-9(2)12-7-10-4-3-5-11(6-10)8-12/h3*10-14H,4-9H2,1-3H3;10-13H,3-9H2,1-2H3;9-12H,3-8H2,1-2H3/t3*11?,12-,13+,14?;11-,12+,13?;10-,11+,12?. The summed E-state index contributed by atoms with van der Waals surface area (Å²) in [5.41, 5.74) is 0. The summed E-state index contributed by atoms with van der Waals surface area (Å²) in [7, 11) is 0. The van der Waals surface area contributed by atoms with E-state index in [1.54, 1.807) is 161 Å². The van der Waals surface area contributed by atoms with Gasteiger partial charge in [0.2, 0.25) is 0 Å². The molecule has 10 aliphatic rings. The van der Waals surface area contributed by atoms with Gasteiger partial charge in [0, 0.05) is 0 Å². The molecule has 67 heavy (non-hydrogen) atoms. The molecule has 10 bridgehead atoms. The average molecular weight is 930 g/mol. The van der Waals surface area contributed by atoms with Crippen LogP contribution < -0.4 is 0 Å². The molecule has 10 fully saturated rings. The first-order chi connectivity index (χ1) is 32.1. The minimum atomic E-state index is 0.929. The molecule has 10 aliphatic carbocycles. The van der Waals surface area contributed by atoms with E-state index in [1.807, 2.05) is 0 Å². The summed E-state index contributed by atoms with van der Waals surface area (Å²) in [4.78, 5) is 0. The lowest BCUT2D eigenvalue weighted by atomic mass is 9.62. The van der Waals surface area contributed by atoms with Gasteiger partial charge < -0.3 is 0 Å². The van der Waals surface area contributed by atoms with Gasteiger partial charge in [-0.1, -0.05) is 154 Å². The summed E-state index contributed by atoms with van der Waals surface area (Å²) in [6, 6.07) is 0. The summed E-state index contributed by atoms with van der Waals surface area (Å²) in [5.74, 6) is 24.2. The number of hydrogen-bond acceptors (Lipinski definition) is 0. The highest BCUT2D eigenvalue weighted by atomic mass is 14.4. The van der Waals surface area contributed by atoms with Gasteiger partial charge in [-0.15, -0.1) is 0 Å². The van der Waals surface area contributed by atoms with Crippen molar-refractivity contribution in [3.05, 3.63) is 0 Å². The van der Waals surface area contributed by atoms with Crippen LogP contribution in [0, 0.1) is 136 Å². The summed E-state index contributed by atoms with van der Waals surface area (Å²) in [5, 5.41) is 0. The molecule has 0 heterocycles. The van der Waals surface area contributed by atoms with E-state index in [0.29, 0.717) is 0 Å². The second-order valence-electron chi connectivity index (χ2n) is 29.7. The molecule has 0 aromatic heterocycles. The van der Waals surface area contributed by atoms with Crippen molar-refractivity contribution in [1.82, 2.24) is 0 Å². The van der Waals surface area contributed by atoms with Crippen molar-refractivity contribution < 1.29 is 0 Å². The largest absolute Gasteiger partial charge is 0.0651 e.